The minimum atomic E-state index is -0.301. The average Bonchev–Trinajstić information content (AvgIpc) is 2.28. The van der Waals surface area contributed by atoms with Crippen LogP contribution < -0.4 is 5.73 Å². The van der Waals surface area contributed by atoms with E-state index in [0.29, 0.717) is 0 Å². The highest BCUT2D eigenvalue weighted by Crippen LogP contribution is 2.34. The van der Waals surface area contributed by atoms with Gasteiger partial charge in [0.05, 0.1) is 5.54 Å². The van der Waals surface area contributed by atoms with Crippen LogP contribution in [0, 0.1) is 6.92 Å². The molecule has 0 aliphatic heterocycles. The summed E-state index contributed by atoms with van der Waals surface area (Å²) in [6, 6.07) is 2.08. The van der Waals surface area contributed by atoms with Gasteiger partial charge < -0.3 is 5.73 Å². The maximum absolute atomic E-state index is 6.54. The first-order chi connectivity index (χ1) is 8.31. The first-order valence-corrected chi connectivity index (χ1v) is 6.97. The highest BCUT2D eigenvalue weighted by atomic mass is 15.0. The Morgan fingerprint density at radius 1 is 1.11 bits per heavy atom. The lowest BCUT2D eigenvalue weighted by Gasteiger charge is -2.33. The van der Waals surface area contributed by atoms with Crippen LogP contribution in [0.1, 0.15) is 70.1 Å². The van der Waals surface area contributed by atoms with Crippen molar-refractivity contribution in [3.63, 3.8) is 0 Å². The second-order valence-corrected chi connectivity index (χ2v) is 6.68. The van der Waals surface area contributed by atoms with Crippen molar-refractivity contribution in [2.24, 2.45) is 5.73 Å². The molecule has 3 heteroatoms. The Labute approximate surface area is 110 Å². The fourth-order valence-corrected chi connectivity index (χ4v) is 2.58. The molecule has 1 aromatic rings. The van der Waals surface area contributed by atoms with Gasteiger partial charge in [0.1, 0.15) is 5.82 Å². The quantitative estimate of drug-likeness (QED) is 0.829. The zero-order valence-corrected chi connectivity index (χ0v) is 12.1. The second kappa shape index (κ2) is 4.61. The predicted octanol–water partition coefficient (Wildman–Crippen LogP) is 3.20. The molecule has 3 nitrogen and oxygen atoms in total. The summed E-state index contributed by atoms with van der Waals surface area (Å²) in [7, 11) is 0. The first kappa shape index (κ1) is 13.5. The van der Waals surface area contributed by atoms with Gasteiger partial charge in [-0.15, -0.1) is 0 Å². The molecule has 1 heterocycles. The van der Waals surface area contributed by atoms with E-state index < -0.39 is 0 Å². The molecular formula is C15H25N3. The second-order valence-electron chi connectivity index (χ2n) is 6.68. The molecule has 1 aliphatic carbocycles. The van der Waals surface area contributed by atoms with E-state index in [2.05, 4.69) is 31.8 Å². The maximum atomic E-state index is 6.54. The average molecular weight is 247 g/mol. The third-order valence-corrected chi connectivity index (χ3v) is 3.81. The molecule has 0 atom stereocenters. The lowest BCUT2D eigenvalue weighted by molar-refractivity contribution is 0.284. The van der Waals surface area contributed by atoms with Gasteiger partial charge in [-0.2, -0.15) is 0 Å². The van der Waals surface area contributed by atoms with Crippen molar-refractivity contribution in [2.45, 2.75) is 70.8 Å². The van der Waals surface area contributed by atoms with Crippen molar-refractivity contribution in [1.29, 1.82) is 0 Å². The summed E-state index contributed by atoms with van der Waals surface area (Å²) in [5.74, 6) is 0.854. The Hall–Kier alpha value is -0.960. The highest BCUT2D eigenvalue weighted by molar-refractivity contribution is 5.20. The first-order valence-electron chi connectivity index (χ1n) is 6.97. The lowest BCUT2D eigenvalue weighted by Crippen LogP contribution is -2.41. The van der Waals surface area contributed by atoms with Gasteiger partial charge in [-0.1, -0.05) is 40.0 Å². The van der Waals surface area contributed by atoms with Crippen LogP contribution in [0.4, 0.5) is 0 Å². The summed E-state index contributed by atoms with van der Waals surface area (Å²) < 4.78 is 0. The van der Waals surface area contributed by atoms with E-state index in [9.17, 15) is 0 Å². The molecule has 1 saturated carbocycles. The third kappa shape index (κ3) is 2.72. The van der Waals surface area contributed by atoms with Crippen molar-refractivity contribution < 1.29 is 0 Å². The van der Waals surface area contributed by atoms with Gasteiger partial charge >= 0.3 is 0 Å². The molecule has 2 rings (SSSR count). The van der Waals surface area contributed by atoms with Crippen LogP contribution in [0.15, 0.2) is 6.07 Å². The van der Waals surface area contributed by atoms with Crippen molar-refractivity contribution in [3.05, 3.63) is 23.3 Å². The van der Waals surface area contributed by atoms with Crippen LogP contribution in [-0.4, -0.2) is 9.97 Å². The Balaban J connectivity index is 2.41. The predicted molar refractivity (Wildman–Crippen MR) is 74.4 cm³/mol. The smallest absolute Gasteiger partial charge is 0.148 e. The van der Waals surface area contributed by atoms with E-state index in [1.807, 2.05) is 6.92 Å². The SMILES string of the molecule is Cc1cc(C(C)(C)C)nc(C2(N)CCCCC2)n1. The van der Waals surface area contributed by atoms with Gasteiger partial charge in [-0.3, -0.25) is 0 Å². The van der Waals surface area contributed by atoms with Crippen molar-refractivity contribution in [2.75, 3.05) is 0 Å². The molecule has 0 amide bonds. The molecule has 0 spiro atoms. The molecule has 0 saturated heterocycles. The minimum absolute atomic E-state index is 0.0491. The number of aromatic nitrogens is 2. The summed E-state index contributed by atoms with van der Waals surface area (Å²) in [5, 5.41) is 0. The lowest BCUT2D eigenvalue weighted by atomic mass is 9.81. The molecule has 1 aliphatic rings. The number of nitrogens with two attached hydrogens (primary N) is 1. The molecule has 1 aromatic heterocycles. The van der Waals surface area contributed by atoms with Gasteiger partial charge in [0.15, 0.2) is 0 Å². The van der Waals surface area contributed by atoms with Crippen molar-refractivity contribution >= 4 is 0 Å². The summed E-state index contributed by atoms with van der Waals surface area (Å²) in [6.07, 6.45) is 5.70. The Morgan fingerprint density at radius 3 is 2.28 bits per heavy atom. The Kier molecular flexibility index (Phi) is 3.45. The topological polar surface area (TPSA) is 51.8 Å². The summed E-state index contributed by atoms with van der Waals surface area (Å²) >= 11 is 0. The van der Waals surface area contributed by atoms with Gasteiger partial charge in [-0.05, 0) is 25.8 Å². The van der Waals surface area contributed by atoms with E-state index in [4.69, 9.17) is 10.7 Å². The van der Waals surface area contributed by atoms with E-state index >= 15 is 0 Å². The zero-order chi connectivity index (χ0) is 13.4. The Bertz CT molecular complexity index is 426. The summed E-state index contributed by atoms with van der Waals surface area (Å²) in [4.78, 5) is 9.37. The molecular weight excluding hydrogens is 222 g/mol. The van der Waals surface area contributed by atoms with E-state index in [1.54, 1.807) is 0 Å². The third-order valence-electron chi connectivity index (χ3n) is 3.81. The van der Waals surface area contributed by atoms with Crippen LogP contribution in [0.25, 0.3) is 0 Å². The molecule has 0 radical (unpaired) electrons. The monoisotopic (exact) mass is 247 g/mol. The number of aryl methyl sites for hydroxylation is 1. The fraction of sp³-hybridized carbons (Fsp3) is 0.733. The largest absolute Gasteiger partial charge is 0.319 e. The highest BCUT2D eigenvalue weighted by Gasteiger charge is 2.33. The van der Waals surface area contributed by atoms with E-state index in [0.717, 1.165) is 30.1 Å². The Morgan fingerprint density at radius 2 is 1.72 bits per heavy atom. The van der Waals surface area contributed by atoms with Crippen LogP contribution in [0.2, 0.25) is 0 Å². The molecule has 0 aromatic carbocycles. The number of rotatable bonds is 1. The number of hydrogen-bond acceptors (Lipinski definition) is 3. The molecule has 0 bridgehead atoms. The van der Waals surface area contributed by atoms with Gasteiger partial charge in [-0.25, -0.2) is 9.97 Å². The maximum Gasteiger partial charge on any atom is 0.148 e. The van der Waals surface area contributed by atoms with Gasteiger partial charge in [0.2, 0.25) is 0 Å². The zero-order valence-electron chi connectivity index (χ0n) is 12.1. The van der Waals surface area contributed by atoms with Crippen LogP contribution >= 0.6 is 0 Å². The normalized spacial score (nSPS) is 19.8. The fourth-order valence-electron chi connectivity index (χ4n) is 2.58. The molecule has 18 heavy (non-hydrogen) atoms. The molecule has 2 N–H and O–H groups in total. The van der Waals surface area contributed by atoms with E-state index in [1.165, 1.54) is 19.3 Å². The number of nitrogens with zero attached hydrogens (tertiary/aromatic N) is 2. The molecule has 0 unspecified atom stereocenters. The summed E-state index contributed by atoms with van der Waals surface area (Å²) in [6.45, 7) is 8.58. The molecule has 1 fully saturated rings. The summed E-state index contributed by atoms with van der Waals surface area (Å²) in [5.41, 5.74) is 8.41. The van der Waals surface area contributed by atoms with Crippen LogP contribution in [0.5, 0.6) is 0 Å². The minimum Gasteiger partial charge on any atom is -0.319 e. The van der Waals surface area contributed by atoms with Gasteiger partial charge in [0.25, 0.3) is 0 Å². The van der Waals surface area contributed by atoms with Crippen molar-refractivity contribution in [3.8, 4) is 0 Å². The van der Waals surface area contributed by atoms with Crippen molar-refractivity contribution in [1.82, 2.24) is 9.97 Å². The van der Waals surface area contributed by atoms with Gasteiger partial charge in [0, 0.05) is 16.8 Å². The molecule has 100 valence electrons. The standard InChI is InChI=1S/C15H25N3/c1-11-10-12(14(2,3)4)18-13(17-11)15(16)8-6-5-7-9-15/h10H,5-9,16H2,1-4H3. The number of hydrogen-bond donors (Lipinski definition) is 1. The van der Waals surface area contributed by atoms with Crippen LogP contribution in [-0.2, 0) is 11.0 Å². The van der Waals surface area contributed by atoms with Crippen LogP contribution in [0.3, 0.4) is 0 Å². The van der Waals surface area contributed by atoms with E-state index in [-0.39, 0.29) is 11.0 Å².